The van der Waals surface area contributed by atoms with Gasteiger partial charge in [-0.2, -0.15) is 0 Å². The average Bonchev–Trinajstić information content (AvgIpc) is 3.25. The van der Waals surface area contributed by atoms with E-state index in [-0.39, 0.29) is 30.4 Å². The highest BCUT2D eigenvalue weighted by atomic mass is 16.5. The topological polar surface area (TPSA) is 108 Å². The van der Waals surface area contributed by atoms with Gasteiger partial charge < -0.3 is 25.4 Å². The summed E-state index contributed by atoms with van der Waals surface area (Å²) in [6.07, 6.45) is 3.04. The summed E-state index contributed by atoms with van der Waals surface area (Å²) in [5.41, 5.74) is -1.64. The zero-order chi connectivity index (χ0) is 20.7. The maximum atomic E-state index is 13.5. The Morgan fingerprint density at radius 1 is 1.29 bits per heavy atom. The summed E-state index contributed by atoms with van der Waals surface area (Å²) in [6.45, 7) is 6.15. The molecule has 2 bridgehead atoms. The van der Waals surface area contributed by atoms with E-state index in [1.54, 1.807) is 11.9 Å². The minimum absolute atomic E-state index is 0.0375. The van der Waals surface area contributed by atoms with Gasteiger partial charge in [0.1, 0.15) is 11.6 Å². The number of rotatable bonds is 8. The highest BCUT2D eigenvalue weighted by molar-refractivity contribution is 5.99. The van der Waals surface area contributed by atoms with Crippen LogP contribution in [0.3, 0.4) is 0 Å². The van der Waals surface area contributed by atoms with Gasteiger partial charge in [-0.25, -0.2) is 0 Å². The zero-order valence-corrected chi connectivity index (χ0v) is 17.3. The zero-order valence-electron chi connectivity index (χ0n) is 17.3. The number of hydrogen-bond acceptors (Lipinski definition) is 5. The van der Waals surface area contributed by atoms with Crippen LogP contribution in [-0.2, 0) is 19.1 Å². The molecule has 3 aliphatic rings. The Morgan fingerprint density at radius 3 is 2.57 bits per heavy atom. The second kappa shape index (κ2) is 7.63. The number of aliphatic hydroxyl groups is 1. The summed E-state index contributed by atoms with van der Waals surface area (Å²) in [5, 5.41) is 14.8. The lowest BCUT2D eigenvalue weighted by Crippen LogP contribution is -2.56. The van der Waals surface area contributed by atoms with Crippen molar-refractivity contribution < 1.29 is 24.2 Å². The predicted molar refractivity (Wildman–Crippen MR) is 102 cm³/mol. The van der Waals surface area contributed by atoms with Crippen LogP contribution in [0.5, 0.6) is 0 Å². The monoisotopic (exact) mass is 395 g/mol. The molecular formula is C20H33N3O5. The van der Waals surface area contributed by atoms with E-state index in [4.69, 9.17) is 9.84 Å². The van der Waals surface area contributed by atoms with Gasteiger partial charge in [0.25, 0.3) is 0 Å². The van der Waals surface area contributed by atoms with Crippen LogP contribution in [0.2, 0.25) is 0 Å². The number of amides is 3. The summed E-state index contributed by atoms with van der Waals surface area (Å²) in [5.74, 6) is -1.81. The van der Waals surface area contributed by atoms with Crippen LogP contribution in [0.4, 0.5) is 0 Å². The lowest BCUT2D eigenvalue weighted by atomic mass is 9.65. The van der Waals surface area contributed by atoms with E-state index in [2.05, 4.69) is 10.6 Å². The number of carbonyl (C=O) groups is 3. The molecule has 0 radical (unpaired) electrons. The van der Waals surface area contributed by atoms with Gasteiger partial charge in [0.05, 0.1) is 17.4 Å². The van der Waals surface area contributed by atoms with Crippen molar-refractivity contribution >= 4 is 17.7 Å². The van der Waals surface area contributed by atoms with Crippen molar-refractivity contribution in [2.75, 3.05) is 20.2 Å². The van der Waals surface area contributed by atoms with Crippen LogP contribution in [0.1, 0.15) is 52.9 Å². The summed E-state index contributed by atoms with van der Waals surface area (Å²) in [6, 6.07) is -0.806. The van der Waals surface area contributed by atoms with Crippen molar-refractivity contribution in [2.24, 2.45) is 11.8 Å². The van der Waals surface area contributed by atoms with E-state index in [9.17, 15) is 14.4 Å². The Balaban J connectivity index is 2.02. The molecule has 3 aliphatic heterocycles. The van der Waals surface area contributed by atoms with E-state index in [0.29, 0.717) is 38.6 Å². The van der Waals surface area contributed by atoms with E-state index in [1.165, 1.54) is 0 Å². The largest absolute Gasteiger partial charge is 0.396 e. The Morgan fingerprint density at radius 2 is 2.00 bits per heavy atom. The van der Waals surface area contributed by atoms with Crippen LogP contribution < -0.4 is 10.6 Å². The number of aliphatic hydroxyl groups excluding tert-OH is 1. The molecule has 2 unspecified atom stereocenters. The molecule has 8 nitrogen and oxygen atoms in total. The minimum atomic E-state index is -0.956. The first-order valence-corrected chi connectivity index (χ1v) is 10.4. The lowest BCUT2D eigenvalue weighted by Gasteiger charge is -2.34. The van der Waals surface area contributed by atoms with Crippen LogP contribution >= 0.6 is 0 Å². The molecule has 0 aliphatic carbocycles. The van der Waals surface area contributed by atoms with Gasteiger partial charge in [-0.1, -0.05) is 6.92 Å². The van der Waals surface area contributed by atoms with Gasteiger partial charge >= 0.3 is 0 Å². The van der Waals surface area contributed by atoms with Gasteiger partial charge in [0.2, 0.25) is 17.7 Å². The molecule has 3 rings (SSSR count). The first kappa shape index (κ1) is 21.0. The number of fused-ring (bicyclic) bond motifs is 1. The maximum Gasteiger partial charge on any atom is 0.246 e. The maximum absolute atomic E-state index is 13.5. The summed E-state index contributed by atoms with van der Waals surface area (Å²) < 4.78 is 6.54. The van der Waals surface area contributed by atoms with Gasteiger partial charge in [-0.3, -0.25) is 14.4 Å². The number of carbonyl (C=O) groups excluding carboxylic acids is 3. The quantitative estimate of drug-likeness (QED) is 0.508. The van der Waals surface area contributed by atoms with E-state index in [0.717, 1.165) is 0 Å². The second-order valence-electron chi connectivity index (χ2n) is 8.57. The van der Waals surface area contributed by atoms with Gasteiger partial charge in [0.15, 0.2) is 0 Å². The molecule has 3 amide bonds. The molecule has 28 heavy (non-hydrogen) atoms. The summed E-state index contributed by atoms with van der Waals surface area (Å²) >= 11 is 0. The Kier molecular flexibility index (Phi) is 5.74. The van der Waals surface area contributed by atoms with Crippen LogP contribution in [0, 0.1) is 11.8 Å². The normalized spacial score (nSPS) is 36.1. The van der Waals surface area contributed by atoms with Gasteiger partial charge in [-0.15, -0.1) is 0 Å². The predicted octanol–water partition coefficient (Wildman–Crippen LogP) is 0.184. The molecule has 0 saturated carbocycles. The van der Waals surface area contributed by atoms with Crippen LogP contribution in [0.15, 0.2) is 0 Å². The number of likely N-dealkylation sites (tertiary alicyclic amines) is 1. The number of nitrogens with zero attached hydrogens (tertiary/aromatic N) is 1. The molecule has 0 aromatic heterocycles. The molecule has 158 valence electrons. The fourth-order valence-electron chi connectivity index (χ4n) is 5.57. The summed E-state index contributed by atoms with van der Waals surface area (Å²) in [4.78, 5) is 41.0. The van der Waals surface area contributed by atoms with E-state index in [1.807, 2.05) is 20.8 Å². The highest BCUT2D eigenvalue weighted by Crippen LogP contribution is 2.64. The van der Waals surface area contributed by atoms with Crippen molar-refractivity contribution in [3.8, 4) is 0 Å². The molecule has 3 fully saturated rings. The fourth-order valence-corrected chi connectivity index (χ4v) is 5.57. The third kappa shape index (κ3) is 2.92. The van der Waals surface area contributed by atoms with Crippen molar-refractivity contribution in [3.63, 3.8) is 0 Å². The first-order valence-electron chi connectivity index (χ1n) is 10.4. The van der Waals surface area contributed by atoms with E-state index < -0.39 is 29.1 Å². The first-order chi connectivity index (χ1) is 13.3. The highest BCUT2D eigenvalue weighted by Gasteiger charge is 2.78. The molecule has 3 saturated heterocycles. The standard InChI is InChI=1S/C20H33N3O5/c1-5-19-8-9-20(28-19)14(13(19)16(25)21-4)18(27)23(10-6-7-11-24)15(20)17(26)22-12(2)3/h12-15,24H,5-11H2,1-4H3,(H,21,25)(H,22,26)/t13-,14+,15?,19+,20?/m1/s1. The van der Waals surface area contributed by atoms with Crippen molar-refractivity contribution in [1.82, 2.24) is 15.5 Å². The molecular weight excluding hydrogens is 362 g/mol. The Labute approximate surface area is 166 Å². The second-order valence-corrected chi connectivity index (χ2v) is 8.57. The number of nitrogens with one attached hydrogen (secondary N) is 2. The van der Waals surface area contributed by atoms with Crippen molar-refractivity contribution in [1.29, 1.82) is 0 Å². The van der Waals surface area contributed by atoms with E-state index >= 15 is 0 Å². The number of unbranched alkanes of at least 4 members (excludes halogenated alkanes) is 1. The Hall–Kier alpha value is -1.67. The van der Waals surface area contributed by atoms with Crippen LogP contribution in [0.25, 0.3) is 0 Å². The van der Waals surface area contributed by atoms with Crippen LogP contribution in [-0.4, -0.2) is 71.2 Å². The Bertz CT molecular complexity index is 654. The third-order valence-electron chi connectivity index (χ3n) is 6.70. The molecule has 5 atom stereocenters. The number of ether oxygens (including phenoxy) is 1. The average molecular weight is 396 g/mol. The van der Waals surface area contributed by atoms with Crippen molar-refractivity contribution in [3.05, 3.63) is 0 Å². The third-order valence-corrected chi connectivity index (χ3v) is 6.70. The fraction of sp³-hybridized carbons (Fsp3) is 0.850. The van der Waals surface area contributed by atoms with Crippen molar-refractivity contribution in [2.45, 2.75) is 76.2 Å². The molecule has 0 aromatic rings. The number of hydrogen-bond donors (Lipinski definition) is 3. The smallest absolute Gasteiger partial charge is 0.246 e. The molecule has 1 spiro atoms. The lowest BCUT2D eigenvalue weighted by molar-refractivity contribution is -0.147. The minimum Gasteiger partial charge on any atom is -0.396 e. The molecule has 0 aromatic carbocycles. The summed E-state index contributed by atoms with van der Waals surface area (Å²) in [7, 11) is 1.58. The molecule has 8 heteroatoms. The SMILES string of the molecule is CC[C@@]12CCC3(O1)C(C(=O)NC(C)C)N(CCCCO)C(=O)[C@@H]3[C@@H]2C(=O)NC. The molecule has 3 N–H and O–H groups in total. The van der Waals surface area contributed by atoms with Gasteiger partial charge in [-0.05, 0) is 46.0 Å². The van der Waals surface area contributed by atoms with Gasteiger partial charge in [0, 0.05) is 26.2 Å². The molecule has 3 heterocycles.